The number of rotatable bonds is 46. The van der Waals surface area contributed by atoms with Gasteiger partial charge in [0.1, 0.15) is 0 Å². The average Bonchev–Trinajstić information content (AvgIpc) is 2.81. The van der Waals surface area contributed by atoms with Gasteiger partial charge in [-0.15, -0.1) is 0 Å². The zero-order valence-electron chi connectivity index (χ0n) is 65.5. The molecule has 0 aliphatic carbocycles. The van der Waals surface area contributed by atoms with Gasteiger partial charge in [-0.25, -0.2) is 0 Å². The summed E-state index contributed by atoms with van der Waals surface area (Å²) >= 11 is 0. The third-order valence-electron chi connectivity index (χ3n) is 17.4. The van der Waals surface area contributed by atoms with E-state index in [4.69, 9.17) is 18.9 Å². The second-order valence-electron chi connectivity index (χ2n) is 40.3. The molecule has 0 heterocycles. The predicted octanol–water partition coefficient (Wildman–Crippen LogP) is 21.5. The van der Waals surface area contributed by atoms with Crippen LogP contribution in [0.1, 0.15) is 233 Å². The summed E-state index contributed by atoms with van der Waals surface area (Å²) in [7, 11) is -5.96. The van der Waals surface area contributed by atoms with E-state index in [1.807, 2.05) is 0 Å². The van der Waals surface area contributed by atoms with Gasteiger partial charge in [-0.2, -0.15) is 0 Å². The van der Waals surface area contributed by atoms with Crippen molar-refractivity contribution in [3.63, 3.8) is 0 Å². The maximum absolute atomic E-state index is 10.4. The van der Waals surface area contributed by atoms with Crippen LogP contribution >= 0.6 is 0 Å². The Kier molecular flexibility index (Phi) is 42.2. The molecule has 0 bridgehead atoms. The summed E-state index contributed by atoms with van der Waals surface area (Å²) in [4.78, 5) is 0. The van der Waals surface area contributed by atoms with Gasteiger partial charge in [0.05, 0.1) is 96.0 Å². The molecule has 0 unspecified atom stereocenters. The Morgan fingerprint density at radius 3 is 0.523 bits per heavy atom. The van der Waals surface area contributed by atoms with Crippen molar-refractivity contribution in [3.8, 4) is 0 Å². The van der Waals surface area contributed by atoms with Gasteiger partial charge >= 0.3 is 0 Å². The molecule has 0 aromatic heterocycles. The van der Waals surface area contributed by atoms with Crippen molar-refractivity contribution in [1.29, 1.82) is 0 Å². The zero-order valence-corrected chi connectivity index (χ0v) is 69.5. The minimum atomic E-state index is -1.61. The van der Waals surface area contributed by atoms with Crippen LogP contribution in [0.3, 0.4) is 0 Å². The van der Waals surface area contributed by atoms with Crippen molar-refractivity contribution in [2.45, 2.75) is 330 Å². The first kappa shape index (κ1) is 90.6. The summed E-state index contributed by atoms with van der Waals surface area (Å²) in [6, 6.07) is 21.6. The molecule has 532 valence electrons. The van der Waals surface area contributed by atoms with Gasteiger partial charge in [-0.1, -0.05) is 304 Å². The maximum atomic E-state index is 10.4. The van der Waals surface area contributed by atoms with Crippen LogP contribution in [0.5, 0.6) is 0 Å². The van der Waals surface area contributed by atoms with Crippen LogP contribution in [-0.4, -0.2) is 132 Å². The average molecular weight is 1320 g/mol. The van der Waals surface area contributed by atoms with Crippen molar-refractivity contribution in [3.05, 3.63) is 0 Å². The van der Waals surface area contributed by atoms with Crippen LogP contribution < -0.4 is 0 Å². The van der Waals surface area contributed by atoms with Gasteiger partial charge in [0.15, 0.2) is 0 Å². The Labute approximate surface area is 556 Å². The van der Waals surface area contributed by atoms with E-state index in [-0.39, 0.29) is 26.4 Å². The summed E-state index contributed by atoms with van der Waals surface area (Å²) in [6.45, 7) is 75.7. The summed E-state index contributed by atoms with van der Waals surface area (Å²) in [5.41, 5.74) is 0.432. The van der Waals surface area contributed by atoms with E-state index in [1.54, 1.807) is 0 Å². The Morgan fingerprint density at radius 2 is 0.398 bits per heavy atom. The fraction of sp³-hybridized carbons (Fsp3) is 1.00. The highest BCUT2D eigenvalue weighted by molar-refractivity contribution is 6.81. The molecule has 4 N–H and O–H groups in total. The van der Waals surface area contributed by atoms with E-state index in [0.29, 0.717) is 85.3 Å². The Hall–Kier alpha value is 0.548. The van der Waals surface area contributed by atoms with Crippen molar-refractivity contribution >= 4 is 32.3 Å². The second kappa shape index (κ2) is 40.9. The van der Waals surface area contributed by atoms with Crippen LogP contribution in [-0.2, 0) is 18.9 Å². The van der Waals surface area contributed by atoms with Gasteiger partial charge in [0, 0.05) is 26.4 Å². The fourth-order valence-electron chi connectivity index (χ4n) is 17.9. The molecule has 0 aromatic carbocycles. The molecule has 8 nitrogen and oxygen atoms in total. The maximum Gasteiger partial charge on any atom is 0.0632 e. The molecule has 0 rings (SSSR count). The predicted molar refractivity (Wildman–Crippen MR) is 401 cm³/mol. The molecule has 0 aliphatic rings. The lowest BCUT2D eigenvalue weighted by Crippen LogP contribution is -2.44. The molecule has 0 saturated heterocycles. The molecule has 0 atom stereocenters. The smallest absolute Gasteiger partial charge is 0.0632 e. The minimum absolute atomic E-state index is 0.108. The van der Waals surface area contributed by atoms with E-state index >= 15 is 0 Å². The molecular formula is C76H164O8Si4. The van der Waals surface area contributed by atoms with Gasteiger partial charge in [0.2, 0.25) is 0 Å². The molecule has 0 radical (unpaired) electrons. The van der Waals surface area contributed by atoms with Crippen LogP contribution in [0.25, 0.3) is 0 Å². The Morgan fingerprint density at radius 1 is 0.250 bits per heavy atom. The highest BCUT2D eigenvalue weighted by Gasteiger charge is 2.45. The molecule has 0 saturated carbocycles. The minimum Gasteiger partial charge on any atom is -0.396 e. The van der Waals surface area contributed by atoms with Gasteiger partial charge in [0.25, 0.3) is 0 Å². The molecule has 12 heteroatoms. The van der Waals surface area contributed by atoms with E-state index in [0.717, 1.165) is 61.2 Å². The first-order valence-corrected chi connectivity index (χ1v) is 47.9. The zero-order chi connectivity index (χ0) is 68.9. The standard InChI is InChI=1S/C41H88O4Si2.C35H76O4Si2/c1-35(2,3)29-46(30-36(4,5)6,31-37(7,8)9)23-19-21-44-27-41(25-42,26-43)28-45-22-20-24-47(32-38(10,11)12,33-39(13,14)15)34-40(16,17)18;1-29(2)19-40(20-30(3)4,21-31(5)6)17-13-15-38-27-35(25-36,26-37)28-39-16-14-18-41(22-32(7)8,23-33(9)10)24-34(11)12/h42-43H,19-34H2,1-18H3;29-34,36-37H,13-28H2,1-12H3. The van der Waals surface area contributed by atoms with E-state index in [1.165, 1.54) is 96.7 Å². The Balaban J connectivity index is 0. The summed E-state index contributed by atoms with van der Waals surface area (Å²) in [6.07, 6.45) is 4.26. The number of hydrogen-bond acceptors (Lipinski definition) is 8. The molecule has 0 aromatic rings. The molecule has 88 heavy (non-hydrogen) atoms. The van der Waals surface area contributed by atoms with Crippen molar-refractivity contribution in [2.75, 3.05) is 79.3 Å². The highest BCUT2D eigenvalue weighted by Crippen LogP contribution is 2.48. The highest BCUT2D eigenvalue weighted by atomic mass is 28.3. The molecular weight excluding hydrogens is 1150 g/mol. The van der Waals surface area contributed by atoms with Crippen LogP contribution in [0.15, 0.2) is 0 Å². The molecule has 0 aliphatic heterocycles. The van der Waals surface area contributed by atoms with Gasteiger partial charge in [-0.3, -0.25) is 0 Å². The van der Waals surface area contributed by atoms with Gasteiger partial charge < -0.3 is 39.4 Å². The lowest BCUT2D eigenvalue weighted by molar-refractivity contribution is -0.0769. The lowest BCUT2D eigenvalue weighted by Gasteiger charge is -2.45. The van der Waals surface area contributed by atoms with E-state index in [9.17, 15) is 20.4 Å². The quantitative estimate of drug-likeness (QED) is 0.0352. The van der Waals surface area contributed by atoms with Crippen LogP contribution in [0.4, 0.5) is 0 Å². The third kappa shape index (κ3) is 45.1. The molecule has 0 amide bonds. The van der Waals surface area contributed by atoms with E-state index < -0.39 is 43.1 Å². The second-order valence-corrected chi connectivity index (χ2v) is 58.8. The number of hydrogen-bond donors (Lipinski definition) is 4. The van der Waals surface area contributed by atoms with Crippen molar-refractivity contribution < 1.29 is 39.4 Å². The fourth-order valence-corrected chi connectivity index (χ4v) is 49.4. The van der Waals surface area contributed by atoms with Gasteiger partial charge in [-0.05, 0) is 93.7 Å². The SMILES string of the molecule is CC(C)(C)C[Si](CCCOCC(CO)(CO)COCCC[Si](CC(C)(C)C)(CC(C)(C)C)CC(C)(C)C)(CC(C)(C)C)CC(C)(C)C.CC(C)C[Si](CCCOCC(CO)(CO)COCCC[Si](CC(C)C)(CC(C)C)CC(C)C)(CC(C)C)CC(C)C. The first-order chi connectivity index (χ1) is 39.8. The normalized spacial score (nSPS) is 14.5. The van der Waals surface area contributed by atoms with E-state index in [2.05, 4.69) is 208 Å². The summed E-state index contributed by atoms with van der Waals surface area (Å²) in [5.74, 6) is 4.51. The number of ether oxygens (including phenoxy) is 4. The summed E-state index contributed by atoms with van der Waals surface area (Å²) < 4.78 is 24.9. The Bertz CT molecular complexity index is 1480. The van der Waals surface area contributed by atoms with Crippen molar-refractivity contribution in [1.82, 2.24) is 0 Å². The first-order valence-electron chi connectivity index (χ1n) is 36.6. The topological polar surface area (TPSA) is 118 Å². The van der Waals surface area contributed by atoms with Crippen LogP contribution in [0, 0.1) is 78.8 Å². The largest absolute Gasteiger partial charge is 0.396 e. The van der Waals surface area contributed by atoms with Crippen LogP contribution in [0.2, 0.25) is 96.7 Å². The van der Waals surface area contributed by atoms with Crippen molar-refractivity contribution in [2.24, 2.45) is 78.8 Å². The molecule has 0 fully saturated rings. The lowest BCUT2D eigenvalue weighted by atomic mass is 9.92. The number of aliphatic hydroxyl groups excluding tert-OH is 4. The molecule has 0 spiro atoms. The third-order valence-corrected chi connectivity index (χ3v) is 44.1. The number of aliphatic hydroxyl groups is 4. The summed E-state index contributed by atoms with van der Waals surface area (Å²) in [5, 5.41) is 41.3. The monoisotopic (exact) mass is 1320 g/mol.